The molecule has 1 aromatic carbocycles. The highest BCUT2D eigenvalue weighted by molar-refractivity contribution is 6.39. The van der Waals surface area contributed by atoms with Gasteiger partial charge in [-0.05, 0) is 24.3 Å². The number of carbonyl (C=O) groups excluding carboxylic acids is 2. The van der Waals surface area contributed by atoms with Gasteiger partial charge in [0.2, 0.25) is 5.91 Å². The van der Waals surface area contributed by atoms with Crippen LogP contribution in [0.1, 0.15) is 31.2 Å². The predicted octanol–water partition coefficient (Wildman–Crippen LogP) is 1.41. The molecule has 150 valence electrons. The SMILES string of the molecule is O=C(NCC(C(=O)O)C1CCOCC1)C1=NN(Cc2ccccc2)C(=O)CC1. The first kappa shape index (κ1) is 20.0. The summed E-state index contributed by atoms with van der Waals surface area (Å²) >= 11 is 0. The molecule has 0 bridgehead atoms. The van der Waals surface area contributed by atoms with E-state index < -0.39 is 17.8 Å². The van der Waals surface area contributed by atoms with Gasteiger partial charge < -0.3 is 15.2 Å². The number of nitrogens with zero attached hydrogens (tertiary/aromatic N) is 2. The van der Waals surface area contributed by atoms with Crippen LogP contribution in [-0.4, -0.2) is 53.4 Å². The standard InChI is InChI=1S/C20H25N3O5/c24-18-7-6-17(22-23(18)13-14-4-2-1-3-5-14)19(25)21-12-16(20(26)27)15-8-10-28-11-9-15/h1-5,15-16H,6-13H2,(H,21,25)(H,26,27). The second-order valence-corrected chi connectivity index (χ2v) is 7.09. The van der Waals surface area contributed by atoms with Gasteiger partial charge in [0, 0.05) is 32.6 Å². The van der Waals surface area contributed by atoms with E-state index in [1.165, 1.54) is 5.01 Å². The minimum Gasteiger partial charge on any atom is -0.481 e. The Hall–Kier alpha value is -2.74. The lowest BCUT2D eigenvalue weighted by Crippen LogP contribution is -2.43. The summed E-state index contributed by atoms with van der Waals surface area (Å²) < 4.78 is 5.28. The van der Waals surface area contributed by atoms with Crippen molar-refractivity contribution < 1.29 is 24.2 Å². The van der Waals surface area contributed by atoms with Crippen molar-refractivity contribution in [1.29, 1.82) is 0 Å². The Labute approximate surface area is 163 Å². The first-order valence-electron chi connectivity index (χ1n) is 9.55. The third-order valence-corrected chi connectivity index (χ3v) is 5.18. The molecule has 2 N–H and O–H groups in total. The van der Waals surface area contributed by atoms with Gasteiger partial charge in [0.1, 0.15) is 5.71 Å². The van der Waals surface area contributed by atoms with Crippen LogP contribution in [0.15, 0.2) is 35.4 Å². The van der Waals surface area contributed by atoms with E-state index in [4.69, 9.17) is 4.74 Å². The molecule has 0 saturated carbocycles. The van der Waals surface area contributed by atoms with E-state index in [0.717, 1.165) is 5.56 Å². The molecule has 2 aliphatic heterocycles. The second-order valence-electron chi connectivity index (χ2n) is 7.09. The number of hydrogen-bond donors (Lipinski definition) is 2. The molecular formula is C20H25N3O5. The van der Waals surface area contributed by atoms with Crippen molar-refractivity contribution in [2.45, 2.75) is 32.2 Å². The lowest BCUT2D eigenvalue weighted by Gasteiger charge is -2.28. The van der Waals surface area contributed by atoms with Gasteiger partial charge in [-0.2, -0.15) is 5.10 Å². The van der Waals surface area contributed by atoms with Crippen LogP contribution < -0.4 is 5.32 Å². The summed E-state index contributed by atoms with van der Waals surface area (Å²) in [6, 6.07) is 9.43. The van der Waals surface area contributed by atoms with Crippen LogP contribution in [0.2, 0.25) is 0 Å². The molecule has 2 amide bonds. The van der Waals surface area contributed by atoms with Crippen LogP contribution in [0.4, 0.5) is 0 Å². The Morgan fingerprint density at radius 1 is 1.21 bits per heavy atom. The fourth-order valence-electron chi connectivity index (χ4n) is 3.52. The Morgan fingerprint density at radius 3 is 2.61 bits per heavy atom. The number of amides is 2. The topological polar surface area (TPSA) is 108 Å². The molecular weight excluding hydrogens is 362 g/mol. The molecule has 0 aliphatic carbocycles. The maximum absolute atomic E-state index is 12.5. The number of nitrogens with one attached hydrogen (secondary N) is 1. The van der Waals surface area contributed by atoms with Gasteiger partial charge in [-0.25, -0.2) is 5.01 Å². The minimum atomic E-state index is -0.918. The first-order valence-corrected chi connectivity index (χ1v) is 9.55. The van der Waals surface area contributed by atoms with Crippen molar-refractivity contribution in [2.75, 3.05) is 19.8 Å². The largest absolute Gasteiger partial charge is 0.481 e. The minimum absolute atomic E-state index is 0.0176. The molecule has 8 nitrogen and oxygen atoms in total. The smallest absolute Gasteiger partial charge is 0.308 e. The van der Waals surface area contributed by atoms with E-state index in [0.29, 0.717) is 32.6 Å². The Morgan fingerprint density at radius 2 is 1.93 bits per heavy atom. The lowest BCUT2D eigenvalue weighted by atomic mass is 9.86. The van der Waals surface area contributed by atoms with Crippen LogP contribution in [0.25, 0.3) is 0 Å². The summed E-state index contributed by atoms with van der Waals surface area (Å²) in [4.78, 5) is 36.3. The zero-order valence-electron chi connectivity index (χ0n) is 15.7. The van der Waals surface area contributed by atoms with Crippen molar-refractivity contribution in [3.05, 3.63) is 35.9 Å². The van der Waals surface area contributed by atoms with Crippen LogP contribution in [-0.2, 0) is 25.7 Å². The third-order valence-electron chi connectivity index (χ3n) is 5.18. The molecule has 2 aliphatic rings. The van der Waals surface area contributed by atoms with Crippen molar-refractivity contribution >= 4 is 23.5 Å². The molecule has 3 rings (SSSR count). The second kappa shape index (κ2) is 9.45. The van der Waals surface area contributed by atoms with E-state index in [9.17, 15) is 19.5 Å². The van der Waals surface area contributed by atoms with E-state index >= 15 is 0 Å². The van der Waals surface area contributed by atoms with Gasteiger partial charge in [-0.3, -0.25) is 14.4 Å². The maximum atomic E-state index is 12.5. The number of aliphatic carboxylic acids is 1. The first-order chi connectivity index (χ1) is 13.5. The van der Waals surface area contributed by atoms with Crippen molar-refractivity contribution in [3.8, 4) is 0 Å². The quantitative estimate of drug-likeness (QED) is 0.735. The Bertz CT molecular complexity index is 743. The van der Waals surface area contributed by atoms with E-state index in [-0.39, 0.29) is 36.9 Å². The number of hydrogen-bond acceptors (Lipinski definition) is 5. The molecule has 2 heterocycles. The zero-order chi connectivity index (χ0) is 19.9. The van der Waals surface area contributed by atoms with Gasteiger partial charge >= 0.3 is 5.97 Å². The van der Waals surface area contributed by atoms with Gasteiger partial charge in [0.05, 0.1) is 12.5 Å². The summed E-state index contributed by atoms with van der Waals surface area (Å²) in [6.45, 7) is 1.44. The average molecular weight is 387 g/mol. The molecule has 1 unspecified atom stereocenters. The van der Waals surface area contributed by atoms with Gasteiger partial charge in [-0.15, -0.1) is 0 Å². The monoisotopic (exact) mass is 387 g/mol. The third kappa shape index (κ3) is 5.16. The average Bonchev–Trinajstić information content (AvgIpc) is 2.71. The van der Waals surface area contributed by atoms with Crippen LogP contribution >= 0.6 is 0 Å². The summed E-state index contributed by atoms with van der Waals surface area (Å²) in [5.41, 5.74) is 1.18. The van der Waals surface area contributed by atoms with E-state index in [2.05, 4.69) is 10.4 Å². The maximum Gasteiger partial charge on any atom is 0.308 e. The Kier molecular flexibility index (Phi) is 6.76. The fraction of sp³-hybridized carbons (Fsp3) is 0.500. The molecule has 1 aromatic rings. The molecule has 0 spiro atoms. The number of ether oxygens (including phenoxy) is 1. The molecule has 1 fully saturated rings. The fourth-order valence-corrected chi connectivity index (χ4v) is 3.52. The van der Waals surface area contributed by atoms with Crippen molar-refractivity contribution in [2.24, 2.45) is 16.9 Å². The summed E-state index contributed by atoms with van der Waals surface area (Å²) in [6.07, 6.45) is 1.81. The number of rotatable bonds is 7. The Balaban J connectivity index is 1.61. The van der Waals surface area contributed by atoms with Crippen molar-refractivity contribution in [3.63, 3.8) is 0 Å². The summed E-state index contributed by atoms with van der Waals surface area (Å²) in [5, 5.41) is 17.7. The zero-order valence-corrected chi connectivity index (χ0v) is 15.7. The highest BCUT2D eigenvalue weighted by Crippen LogP contribution is 2.24. The van der Waals surface area contributed by atoms with Crippen LogP contribution in [0.3, 0.4) is 0 Å². The summed E-state index contributed by atoms with van der Waals surface area (Å²) in [7, 11) is 0. The van der Waals surface area contributed by atoms with Crippen LogP contribution in [0, 0.1) is 11.8 Å². The highest BCUT2D eigenvalue weighted by atomic mass is 16.5. The molecule has 1 atom stereocenters. The van der Waals surface area contributed by atoms with Gasteiger partial charge in [0.25, 0.3) is 5.91 Å². The number of hydrazone groups is 1. The summed E-state index contributed by atoms with van der Waals surface area (Å²) in [5.74, 6) is -2.14. The number of carbonyl (C=O) groups is 3. The van der Waals surface area contributed by atoms with Crippen molar-refractivity contribution in [1.82, 2.24) is 10.3 Å². The molecule has 0 radical (unpaired) electrons. The van der Waals surface area contributed by atoms with Crippen LogP contribution in [0.5, 0.6) is 0 Å². The predicted molar refractivity (Wildman–Crippen MR) is 101 cm³/mol. The molecule has 0 aromatic heterocycles. The number of carboxylic acid groups (broad SMARTS) is 1. The van der Waals surface area contributed by atoms with E-state index in [1.807, 2.05) is 30.3 Å². The lowest BCUT2D eigenvalue weighted by molar-refractivity contribution is -0.144. The number of benzene rings is 1. The van der Waals surface area contributed by atoms with E-state index in [1.54, 1.807) is 0 Å². The van der Waals surface area contributed by atoms with Gasteiger partial charge in [0.15, 0.2) is 0 Å². The normalized spacial score (nSPS) is 19.1. The number of carboxylic acids is 1. The highest BCUT2D eigenvalue weighted by Gasteiger charge is 2.31. The molecule has 1 saturated heterocycles. The molecule has 28 heavy (non-hydrogen) atoms. The molecule has 8 heteroatoms. The van der Waals surface area contributed by atoms with Gasteiger partial charge in [-0.1, -0.05) is 30.3 Å².